The van der Waals surface area contributed by atoms with Crippen LogP contribution in [0.2, 0.25) is 0 Å². The number of halogens is 2. The van der Waals surface area contributed by atoms with Crippen LogP contribution in [0.3, 0.4) is 0 Å². The number of hydrogen-bond donors (Lipinski definition) is 3. The molecule has 200 valence electrons. The van der Waals surface area contributed by atoms with Crippen LogP contribution >= 0.6 is 0 Å². The van der Waals surface area contributed by atoms with E-state index in [-0.39, 0.29) is 30.4 Å². The third-order valence-electron chi connectivity index (χ3n) is 8.30. The summed E-state index contributed by atoms with van der Waals surface area (Å²) in [5.74, 6) is -2.20. The summed E-state index contributed by atoms with van der Waals surface area (Å²) in [5.41, 5.74) is 1.51. The van der Waals surface area contributed by atoms with Crippen molar-refractivity contribution in [3.8, 4) is 11.4 Å². The van der Waals surface area contributed by atoms with Crippen molar-refractivity contribution in [1.82, 2.24) is 14.8 Å². The average molecular weight is 526 g/mol. The molecule has 0 radical (unpaired) electrons. The van der Waals surface area contributed by atoms with Gasteiger partial charge in [-0.2, -0.15) is 5.10 Å². The predicted octanol–water partition coefficient (Wildman–Crippen LogP) is 5.16. The fraction of sp³-hybridized carbons (Fsp3) is 0.429. The average Bonchev–Trinajstić information content (AvgIpc) is 3.53. The van der Waals surface area contributed by atoms with Crippen LogP contribution in [0.1, 0.15) is 61.6 Å². The number of nitrogens with zero attached hydrogens (tertiary/aromatic N) is 2. The van der Waals surface area contributed by atoms with E-state index in [1.807, 2.05) is 10.6 Å². The maximum atomic E-state index is 16.3. The summed E-state index contributed by atoms with van der Waals surface area (Å²) in [6, 6.07) is 6.50. The van der Waals surface area contributed by atoms with E-state index in [2.05, 4.69) is 10.2 Å². The molecular formula is C28H29F2N3O5. The highest BCUT2D eigenvalue weighted by atomic mass is 19.1. The number of aromatic amines is 1. The zero-order valence-electron chi connectivity index (χ0n) is 21.0. The van der Waals surface area contributed by atoms with E-state index in [4.69, 9.17) is 9.47 Å². The van der Waals surface area contributed by atoms with Crippen molar-refractivity contribution in [3.05, 3.63) is 53.4 Å². The maximum absolute atomic E-state index is 16.3. The highest BCUT2D eigenvalue weighted by Crippen LogP contribution is 2.49. The molecule has 2 aliphatic rings. The number of methoxy groups -OCH3 is 1. The van der Waals surface area contributed by atoms with Gasteiger partial charge in [0.2, 0.25) is 0 Å². The molecule has 3 heterocycles. The van der Waals surface area contributed by atoms with Gasteiger partial charge in [0, 0.05) is 47.4 Å². The molecule has 3 N–H and O–H groups in total. The summed E-state index contributed by atoms with van der Waals surface area (Å²) in [7, 11) is 1.40. The van der Waals surface area contributed by atoms with Gasteiger partial charge >= 0.3 is 5.97 Å². The highest BCUT2D eigenvalue weighted by Gasteiger charge is 2.42. The number of rotatable bonds is 5. The number of carboxylic acids is 1. The van der Waals surface area contributed by atoms with Crippen molar-refractivity contribution in [2.45, 2.75) is 56.0 Å². The van der Waals surface area contributed by atoms with Crippen LogP contribution < -0.4 is 4.74 Å². The number of carbonyl (C=O) groups is 1. The second-order valence-corrected chi connectivity index (χ2v) is 10.4. The zero-order valence-corrected chi connectivity index (χ0v) is 21.0. The minimum atomic E-state index is -1.78. The molecule has 0 unspecified atom stereocenters. The Bertz CT molecular complexity index is 1530. The van der Waals surface area contributed by atoms with E-state index >= 15 is 4.39 Å². The topological polar surface area (TPSA) is 110 Å². The van der Waals surface area contributed by atoms with E-state index in [0.29, 0.717) is 53.5 Å². The molecule has 1 saturated carbocycles. The predicted molar refractivity (Wildman–Crippen MR) is 136 cm³/mol. The minimum absolute atomic E-state index is 0.0401. The second kappa shape index (κ2) is 9.36. The summed E-state index contributed by atoms with van der Waals surface area (Å²) in [4.78, 5) is 11.7. The summed E-state index contributed by atoms with van der Waals surface area (Å²) in [6.07, 6.45) is 3.97. The number of carboxylic acid groups (broad SMARTS) is 1. The summed E-state index contributed by atoms with van der Waals surface area (Å²) < 4.78 is 43.7. The largest absolute Gasteiger partial charge is 0.494 e. The number of benzene rings is 2. The van der Waals surface area contributed by atoms with Crippen LogP contribution in [0.4, 0.5) is 8.78 Å². The Morgan fingerprint density at radius 3 is 2.58 bits per heavy atom. The third kappa shape index (κ3) is 3.85. The van der Waals surface area contributed by atoms with Crippen LogP contribution in [0.25, 0.3) is 27.5 Å². The van der Waals surface area contributed by atoms with Crippen molar-refractivity contribution in [3.63, 3.8) is 0 Å². The molecule has 1 aliphatic carbocycles. The molecule has 4 aromatic rings. The molecule has 0 amide bonds. The molecule has 0 atom stereocenters. The Morgan fingerprint density at radius 2 is 1.89 bits per heavy atom. The number of nitrogens with one attached hydrogen (secondary N) is 1. The van der Waals surface area contributed by atoms with Gasteiger partial charge in [0.1, 0.15) is 5.52 Å². The summed E-state index contributed by atoms with van der Waals surface area (Å²) >= 11 is 0. The summed E-state index contributed by atoms with van der Waals surface area (Å²) in [5, 5.41) is 28.0. The molecule has 2 fully saturated rings. The smallest absolute Gasteiger partial charge is 0.335 e. The Hall–Kier alpha value is -3.50. The second-order valence-electron chi connectivity index (χ2n) is 10.4. The van der Waals surface area contributed by atoms with Crippen LogP contribution in [0.5, 0.6) is 5.75 Å². The SMILES string of the molecule is COc1cc(-n2c(C3CCOCC3)c([C@H]3CC[C@](O)(C(=O)O)CC3)c3c(F)c4[nH]ncc4cc32)ccc1F. The summed E-state index contributed by atoms with van der Waals surface area (Å²) in [6.45, 7) is 1.13. The fourth-order valence-electron chi connectivity index (χ4n) is 6.30. The van der Waals surface area contributed by atoms with Crippen molar-refractivity contribution in [2.75, 3.05) is 20.3 Å². The molecule has 1 aliphatic heterocycles. The lowest BCUT2D eigenvalue weighted by atomic mass is 9.74. The van der Waals surface area contributed by atoms with E-state index in [1.54, 1.807) is 18.3 Å². The quantitative estimate of drug-likeness (QED) is 0.332. The van der Waals surface area contributed by atoms with Crippen molar-refractivity contribution in [2.24, 2.45) is 0 Å². The van der Waals surface area contributed by atoms with Crippen LogP contribution in [-0.2, 0) is 9.53 Å². The Kier molecular flexibility index (Phi) is 6.11. The van der Waals surface area contributed by atoms with Gasteiger partial charge in [0.25, 0.3) is 0 Å². The van der Waals surface area contributed by atoms with Gasteiger partial charge in [0.15, 0.2) is 23.0 Å². The molecule has 1 saturated heterocycles. The standard InChI is InChI=1S/C28H29F2N3O5/c1-37-21-13-18(2-3-19(21)29)33-20-12-17-14-31-32-25(17)24(30)23(20)22(26(33)16-6-10-38-11-7-16)15-4-8-28(36,9-5-15)27(34)35/h2-3,12-16,36H,4-11H2,1H3,(H,31,32)(H,34,35)/t15-,28+. The molecule has 2 aromatic heterocycles. The first-order chi connectivity index (χ1) is 18.3. The molecular weight excluding hydrogens is 496 g/mol. The monoisotopic (exact) mass is 525 g/mol. The number of aliphatic carboxylic acids is 1. The molecule has 10 heteroatoms. The first-order valence-electron chi connectivity index (χ1n) is 12.9. The Morgan fingerprint density at radius 1 is 1.16 bits per heavy atom. The van der Waals surface area contributed by atoms with Gasteiger partial charge in [-0.25, -0.2) is 13.6 Å². The first kappa shape index (κ1) is 24.8. The van der Waals surface area contributed by atoms with Crippen LogP contribution in [0.15, 0.2) is 30.5 Å². The van der Waals surface area contributed by atoms with E-state index < -0.39 is 23.2 Å². The van der Waals surface area contributed by atoms with Gasteiger partial charge in [-0.15, -0.1) is 0 Å². The number of H-pyrrole nitrogens is 1. The molecule has 0 bridgehead atoms. The molecule has 38 heavy (non-hydrogen) atoms. The number of hydrogen-bond acceptors (Lipinski definition) is 5. The van der Waals surface area contributed by atoms with Crippen LogP contribution in [0, 0.1) is 11.6 Å². The Labute approximate surface area is 217 Å². The van der Waals surface area contributed by atoms with Crippen molar-refractivity contribution in [1.29, 1.82) is 0 Å². The third-order valence-corrected chi connectivity index (χ3v) is 8.30. The van der Waals surface area contributed by atoms with Crippen molar-refractivity contribution >= 4 is 27.8 Å². The maximum Gasteiger partial charge on any atom is 0.335 e. The van der Waals surface area contributed by atoms with E-state index in [1.165, 1.54) is 13.2 Å². The molecule has 0 spiro atoms. The van der Waals surface area contributed by atoms with Crippen LogP contribution in [-0.4, -0.2) is 56.9 Å². The minimum Gasteiger partial charge on any atom is -0.494 e. The first-order valence-corrected chi connectivity index (χ1v) is 12.9. The Balaban J connectivity index is 1.65. The highest BCUT2D eigenvalue weighted by molar-refractivity contribution is 6.00. The number of aromatic nitrogens is 3. The lowest BCUT2D eigenvalue weighted by molar-refractivity contribution is -0.162. The zero-order chi connectivity index (χ0) is 26.6. The molecule has 8 nitrogen and oxygen atoms in total. The molecule has 6 rings (SSSR count). The number of aliphatic hydroxyl groups is 1. The molecule has 2 aromatic carbocycles. The van der Waals surface area contributed by atoms with E-state index in [9.17, 15) is 19.4 Å². The number of ether oxygens (including phenoxy) is 2. The fourth-order valence-corrected chi connectivity index (χ4v) is 6.30. The van der Waals surface area contributed by atoms with Gasteiger partial charge in [-0.3, -0.25) is 5.10 Å². The van der Waals surface area contributed by atoms with E-state index in [0.717, 1.165) is 24.1 Å². The van der Waals surface area contributed by atoms with Gasteiger partial charge in [0.05, 0.1) is 18.8 Å². The lowest BCUT2D eigenvalue weighted by Crippen LogP contribution is -2.41. The lowest BCUT2D eigenvalue weighted by Gasteiger charge is -2.34. The van der Waals surface area contributed by atoms with Gasteiger partial charge < -0.3 is 24.3 Å². The van der Waals surface area contributed by atoms with Gasteiger partial charge in [-0.1, -0.05) is 0 Å². The van der Waals surface area contributed by atoms with Gasteiger partial charge in [-0.05, 0) is 68.2 Å². The number of fused-ring (bicyclic) bond motifs is 2. The van der Waals surface area contributed by atoms with Crippen molar-refractivity contribution < 1.29 is 33.3 Å². The normalized spacial score (nSPS) is 22.8.